The Kier molecular flexibility index (Phi) is 11.8. The van der Waals surface area contributed by atoms with Crippen LogP contribution in [0.1, 0.15) is 107 Å². The first-order valence-corrected chi connectivity index (χ1v) is 16.7. The SMILES string of the molecule is CCCCC1N(CC2CCCCC2)C(=O)OC12CCN(C1CCN(C(=O)c3cc(CC)nn3C)CC1)CC2.O=C(O)C(F)(F)F. The number of unbranched alkanes of at least 4 members (excludes halogenated alkanes) is 1. The predicted molar refractivity (Wildman–Crippen MR) is 162 cm³/mol. The number of carboxylic acids is 1. The lowest BCUT2D eigenvalue weighted by atomic mass is 9.80. The fraction of sp³-hybridized carbons (Fsp3) is 0.812. The van der Waals surface area contributed by atoms with Crippen molar-refractivity contribution < 1.29 is 37.4 Å². The standard InChI is InChI=1S/C30H49N5O3.C2HF3O2/c1-4-6-12-27-30(38-29(37)35(27)22-23-10-8-7-9-11-23)15-19-33(20-16-30)25-13-17-34(18-14-25)28(36)26-21-24(5-2)31-32(26)3;3-2(4,5)1(6)7/h21,23,25,27H,4-20,22H2,1-3H3;(H,6,7). The number of carboxylic acid groups (broad SMARTS) is 1. The van der Waals surface area contributed by atoms with Gasteiger partial charge in [0.1, 0.15) is 11.3 Å². The Balaban J connectivity index is 0.000000591. The van der Waals surface area contributed by atoms with Gasteiger partial charge in [0.15, 0.2) is 0 Å². The molecule has 1 aromatic heterocycles. The number of halogens is 3. The van der Waals surface area contributed by atoms with Gasteiger partial charge in [-0.2, -0.15) is 18.3 Å². The van der Waals surface area contributed by atoms with Crippen molar-refractivity contribution in [2.75, 3.05) is 32.7 Å². The summed E-state index contributed by atoms with van der Waals surface area (Å²) in [5, 5.41) is 11.6. The van der Waals surface area contributed by atoms with Gasteiger partial charge in [-0.3, -0.25) is 14.4 Å². The monoisotopic (exact) mass is 641 g/mol. The number of rotatable bonds is 8. The number of hydrogen-bond donors (Lipinski definition) is 1. The van der Waals surface area contributed by atoms with Crippen molar-refractivity contribution in [1.82, 2.24) is 24.5 Å². The Labute approximate surface area is 264 Å². The zero-order valence-electron chi connectivity index (χ0n) is 27.0. The Morgan fingerprint density at radius 3 is 2.20 bits per heavy atom. The van der Waals surface area contributed by atoms with E-state index >= 15 is 0 Å². The van der Waals surface area contributed by atoms with Crippen LogP contribution in [0.5, 0.6) is 0 Å². The van der Waals surface area contributed by atoms with E-state index in [1.165, 1.54) is 32.1 Å². The van der Waals surface area contributed by atoms with Crippen LogP contribution in [0.2, 0.25) is 0 Å². The van der Waals surface area contributed by atoms with Crippen molar-refractivity contribution in [3.8, 4) is 0 Å². The summed E-state index contributed by atoms with van der Waals surface area (Å²) in [5.41, 5.74) is 1.35. The van der Waals surface area contributed by atoms with E-state index in [0.29, 0.717) is 17.7 Å². The molecule has 0 bridgehead atoms. The summed E-state index contributed by atoms with van der Waals surface area (Å²) in [5.74, 6) is -2.01. The predicted octanol–water partition coefficient (Wildman–Crippen LogP) is 5.65. The molecule has 0 radical (unpaired) electrons. The highest BCUT2D eigenvalue weighted by Gasteiger charge is 2.55. The van der Waals surface area contributed by atoms with Gasteiger partial charge in [-0.1, -0.05) is 46.0 Å². The first kappa shape index (κ1) is 35.0. The van der Waals surface area contributed by atoms with Crippen LogP contribution < -0.4 is 0 Å². The number of alkyl halides is 3. The van der Waals surface area contributed by atoms with Gasteiger partial charge in [0, 0.05) is 58.7 Å². The van der Waals surface area contributed by atoms with Gasteiger partial charge >= 0.3 is 18.2 Å². The lowest BCUT2D eigenvalue weighted by molar-refractivity contribution is -0.192. The molecule has 2 amide bonds. The second kappa shape index (κ2) is 15.2. The molecule has 5 rings (SSSR count). The van der Waals surface area contributed by atoms with Crippen LogP contribution in [0.15, 0.2) is 6.07 Å². The van der Waals surface area contributed by atoms with Crippen molar-refractivity contribution in [2.45, 2.75) is 121 Å². The van der Waals surface area contributed by atoms with E-state index in [1.54, 1.807) is 4.68 Å². The topological polar surface area (TPSA) is 108 Å². The third-order valence-electron chi connectivity index (χ3n) is 10.2. The largest absolute Gasteiger partial charge is 0.490 e. The summed E-state index contributed by atoms with van der Waals surface area (Å²) in [6.07, 6.45) is 9.40. The average Bonchev–Trinajstić information content (AvgIpc) is 3.52. The number of carbonyl (C=O) groups is 3. The second-order valence-corrected chi connectivity index (χ2v) is 13.1. The van der Waals surface area contributed by atoms with E-state index in [4.69, 9.17) is 14.6 Å². The van der Waals surface area contributed by atoms with E-state index in [0.717, 1.165) is 89.8 Å². The second-order valence-electron chi connectivity index (χ2n) is 13.1. The molecule has 4 fully saturated rings. The molecular weight excluding hydrogens is 591 g/mol. The molecule has 10 nitrogen and oxygen atoms in total. The molecule has 1 N–H and O–H groups in total. The highest BCUT2D eigenvalue weighted by atomic mass is 19.4. The van der Waals surface area contributed by atoms with E-state index in [-0.39, 0.29) is 23.6 Å². The van der Waals surface area contributed by atoms with Crippen molar-refractivity contribution in [2.24, 2.45) is 13.0 Å². The maximum atomic E-state index is 13.2. The number of ether oxygens (including phenoxy) is 1. The van der Waals surface area contributed by atoms with E-state index in [1.807, 2.05) is 18.0 Å². The number of piperidine rings is 2. The molecule has 0 aromatic carbocycles. The summed E-state index contributed by atoms with van der Waals surface area (Å²) in [4.78, 5) is 42.0. The number of amides is 2. The molecule has 4 heterocycles. The van der Waals surface area contributed by atoms with Crippen molar-refractivity contribution in [3.05, 3.63) is 17.5 Å². The minimum absolute atomic E-state index is 0.0571. The van der Waals surface area contributed by atoms with Gasteiger partial charge in [-0.15, -0.1) is 0 Å². The van der Waals surface area contributed by atoms with Crippen molar-refractivity contribution >= 4 is 18.0 Å². The van der Waals surface area contributed by atoms with Crippen LogP contribution in [0.4, 0.5) is 18.0 Å². The highest BCUT2D eigenvalue weighted by molar-refractivity contribution is 5.92. The average molecular weight is 642 g/mol. The number of aromatic nitrogens is 2. The van der Waals surface area contributed by atoms with Gasteiger partial charge < -0.3 is 19.6 Å². The summed E-state index contributed by atoms with van der Waals surface area (Å²) >= 11 is 0. The molecule has 1 atom stereocenters. The summed E-state index contributed by atoms with van der Waals surface area (Å²) < 4.78 is 39.8. The van der Waals surface area contributed by atoms with Crippen LogP contribution in [-0.4, -0.2) is 104 Å². The number of aliphatic carboxylic acids is 1. The number of aryl methyl sites for hydroxylation is 2. The fourth-order valence-corrected chi connectivity index (χ4v) is 7.58. The maximum absolute atomic E-state index is 13.2. The Morgan fingerprint density at radius 2 is 1.67 bits per heavy atom. The van der Waals surface area contributed by atoms with E-state index in [2.05, 4.69) is 28.7 Å². The molecule has 13 heteroatoms. The third-order valence-corrected chi connectivity index (χ3v) is 10.2. The molecule has 45 heavy (non-hydrogen) atoms. The molecule has 1 saturated carbocycles. The molecule has 3 saturated heterocycles. The van der Waals surface area contributed by atoms with Gasteiger partial charge in [-0.25, -0.2) is 9.59 Å². The van der Waals surface area contributed by atoms with Gasteiger partial charge in [0.2, 0.25) is 0 Å². The zero-order valence-corrected chi connectivity index (χ0v) is 27.0. The Hall–Kier alpha value is -2.83. The lowest BCUT2D eigenvalue weighted by Gasteiger charge is -2.46. The number of nitrogens with zero attached hydrogens (tertiary/aromatic N) is 5. The Morgan fingerprint density at radius 1 is 1.04 bits per heavy atom. The van der Waals surface area contributed by atoms with Crippen molar-refractivity contribution in [3.63, 3.8) is 0 Å². The molecule has 1 unspecified atom stereocenters. The Bertz CT molecular complexity index is 1150. The number of carbonyl (C=O) groups excluding carboxylic acids is 2. The first-order valence-electron chi connectivity index (χ1n) is 16.7. The van der Waals surface area contributed by atoms with Crippen LogP contribution in [0, 0.1) is 5.92 Å². The molecule has 1 aliphatic carbocycles. The third kappa shape index (κ3) is 8.51. The molecule has 1 aromatic rings. The maximum Gasteiger partial charge on any atom is 0.490 e. The first-order chi connectivity index (χ1) is 21.4. The molecule has 3 aliphatic heterocycles. The molecule has 4 aliphatic rings. The van der Waals surface area contributed by atoms with Gasteiger partial charge in [0.05, 0.1) is 11.7 Å². The molecule has 254 valence electrons. The summed E-state index contributed by atoms with van der Waals surface area (Å²) in [6.45, 7) is 8.74. The zero-order chi connectivity index (χ0) is 32.8. The van der Waals surface area contributed by atoms with E-state index < -0.39 is 12.1 Å². The van der Waals surface area contributed by atoms with Gasteiger partial charge in [-0.05, 0) is 50.5 Å². The van der Waals surface area contributed by atoms with Crippen LogP contribution >= 0.6 is 0 Å². The smallest absolute Gasteiger partial charge is 0.475 e. The number of hydrogen-bond acceptors (Lipinski definition) is 6. The minimum atomic E-state index is -5.08. The lowest BCUT2D eigenvalue weighted by Crippen LogP contribution is -2.56. The van der Waals surface area contributed by atoms with Crippen LogP contribution in [0.3, 0.4) is 0 Å². The summed E-state index contributed by atoms with van der Waals surface area (Å²) in [6, 6.07) is 2.66. The minimum Gasteiger partial charge on any atom is -0.475 e. The van der Waals surface area contributed by atoms with Gasteiger partial charge in [0.25, 0.3) is 5.91 Å². The highest BCUT2D eigenvalue weighted by Crippen LogP contribution is 2.43. The molecular formula is C32H50F3N5O5. The van der Waals surface area contributed by atoms with Crippen LogP contribution in [-0.2, 0) is 23.0 Å². The summed E-state index contributed by atoms with van der Waals surface area (Å²) in [7, 11) is 1.86. The molecule has 1 spiro atoms. The fourth-order valence-electron chi connectivity index (χ4n) is 7.58. The number of likely N-dealkylation sites (tertiary alicyclic amines) is 2. The quantitative estimate of drug-likeness (QED) is 0.391. The normalized spacial score (nSPS) is 23.2. The van der Waals surface area contributed by atoms with E-state index in [9.17, 15) is 22.8 Å². The van der Waals surface area contributed by atoms with Crippen LogP contribution in [0.25, 0.3) is 0 Å². The van der Waals surface area contributed by atoms with Crippen molar-refractivity contribution in [1.29, 1.82) is 0 Å².